The first kappa shape index (κ1) is 13.4. The Labute approximate surface area is 113 Å². The number of nitrogens with zero attached hydrogens (tertiary/aromatic N) is 1. The summed E-state index contributed by atoms with van der Waals surface area (Å²) >= 11 is 0. The van der Waals surface area contributed by atoms with E-state index < -0.39 is 0 Å². The number of pyridine rings is 1. The zero-order valence-electron chi connectivity index (χ0n) is 11.3. The average Bonchev–Trinajstić information content (AvgIpc) is 2.48. The van der Waals surface area contributed by atoms with Crippen LogP contribution in [0.1, 0.15) is 11.1 Å². The lowest BCUT2D eigenvalue weighted by Crippen LogP contribution is -2.80. The van der Waals surface area contributed by atoms with Crippen molar-refractivity contribution in [2.75, 3.05) is 14.2 Å². The highest BCUT2D eigenvalue weighted by molar-refractivity contribution is 5.40. The van der Waals surface area contributed by atoms with Crippen molar-refractivity contribution in [3.63, 3.8) is 0 Å². The van der Waals surface area contributed by atoms with Crippen LogP contribution in [0.25, 0.3) is 0 Å². The van der Waals surface area contributed by atoms with Crippen molar-refractivity contribution in [1.82, 2.24) is 4.98 Å². The maximum Gasteiger partial charge on any atom is 0.131 e. The maximum atomic E-state index is 5.38. The molecule has 0 fully saturated rings. The van der Waals surface area contributed by atoms with Crippen LogP contribution >= 0.6 is 0 Å². The van der Waals surface area contributed by atoms with Crippen LogP contribution in [0.5, 0.6) is 11.5 Å². The van der Waals surface area contributed by atoms with Gasteiger partial charge in [-0.3, -0.25) is 4.98 Å². The third-order valence-corrected chi connectivity index (χ3v) is 2.99. The molecule has 0 unspecified atom stereocenters. The van der Waals surface area contributed by atoms with E-state index in [0.29, 0.717) is 0 Å². The lowest BCUT2D eigenvalue weighted by molar-refractivity contribution is -0.686. The van der Waals surface area contributed by atoms with E-state index in [4.69, 9.17) is 9.47 Å². The Morgan fingerprint density at radius 2 is 1.79 bits per heavy atom. The third-order valence-electron chi connectivity index (χ3n) is 2.99. The SMILES string of the molecule is COc1ccc(C[NH2+]Cc2ccncc2)c(OC)c1. The molecule has 0 aliphatic carbocycles. The Kier molecular flexibility index (Phi) is 4.75. The molecule has 1 heterocycles. The van der Waals surface area contributed by atoms with Gasteiger partial charge in [-0.1, -0.05) is 0 Å². The van der Waals surface area contributed by atoms with Gasteiger partial charge in [0, 0.05) is 29.6 Å². The summed E-state index contributed by atoms with van der Waals surface area (Å²) in [6, 6.07) is 9.97. The molecule has 100 valence electrons. The Balaban J connectivity index is 1.96. The molecule has 2 N–H and O–H groups in total. The summed E-state index contributed by atoms with van der Waals surface area (Å²) in [6.07, 6.45) is 3.63. The summed E-state index contributed by atoms with van der Waals surface area (Å²) in [6.45, 7) is 1.80. The molecule has 1 aromatic carbocycles. The quantitative estimate of drug-likeness (QED) is 0.852. The number of methoxy groups -OCH3 is 2. The van der Waals surface area contributed by atoms with Crippen molar-refractivity contribution in [1.29, 1.82) is 0 Å². The summed E-state index contributed by atoms with van der Waals surface area (Å²) in [5, 5.41) is 2.24. The van der Waals surface area contributed by atoms with Crippen molar-refractivity contribution in [3.8, 4) is 11.5 Å². The second-order valence-electron chi connectivity index (χ2n) is 4.23. The number of benzene rings is 1. The lowest BCUT2D eigenvalue weighted by Gasteiger charge is -2.09. The second kappa shape index (κ2) is 6.75. The molecule has 4 heteroatoms. The normalized spacial score (nSPS) is 10.2. The fraction of sp³-hybridized carbons (Fsp3) is 0.267. The molecule has 0 atom stereocenters. The van der Waals surface area contributed by atoms with Crippen molar-refractivity contribution < 1.29 is 14.8 Å². The lowest BCUT2D eigenvalue weighted by atomic mass is 10.2. The van der Waals surface area contributed by atoms with E-state index in [0.717, 1.165) is 30.2 Å². The van der Waals surface area contributed by atoms with Gasteiger partial charge in [0.2, 0.25) is 0 Å². The molecule has 0 radical (unpaired) electrons. The minimum absolute atomic E-state index is 0.815. The summed E-state index contributed by atoms with van der Waals surface area (Å²) in [5.41, 5.74) is 2.43. The molecule has 4 nitrogen and oxygen atoms in total. The van der Waals surface area contributed by atoms with Gasteiger partial charge in [0.25, 0.3) is 0 Å². The van der Waals surface area contributed by atoms with Gasteiger partial charge in [-0.05, 0) is 24.3 Å². The first-order valence-electron chi connectivity index (χ1n) is 6.25. The van der Waals surface area contributed by atoms with Gasteiger partial charge in [0.15, 0.2) is 0 Å². The van der Waals surface area contributed by atoms with Gasteiger partial charge in [-0.25, -0.2) is 0 Å². The third kappa shape index (κ3) is 3.69. The van der Waals surface area contributed by atoms with E-state index in [-0.39, 0.29) is 0 Å². The molecule has 2 aromatic rings. The molecular formula is C15H19N2O2+. The van der Waals surface area contributed by atoms with Crippen molar-refractivity contribution in [2.24, 2.45) is 0 Å². The smallest absolute Gasteiger partial charge is 0.131 e. The number of hydrogen-bond acceptors (Lipinski definition) is 3. The predicted octanol–water partition coefficient (Wildman–Crippen LogP) is 1.36. The number of ether oxygens (including phenoxy) is 2. The van der Waals surface area contributed by atoms with Crippen LogP contribution < -0.4 is 14.8 Å². The highest BCUT2D eigenvalue weighted by Crippen LogP contribution is 2.23. The van der Waals surface area contributed by atoms with Crippen molar-refractivity contribution in [3.05, 3.63) is 53.9 Å². The maximum absolute atomic E-state index is 5.38. The molecule has 0 saturated carbocycles. The number of aromatic nitrogens is 1. The van der Waals surface area contributed by atoms with Crippen LogP contribution in [-0.2, 0) is 13.1 Å². The van der Waals surface area contributed by atoms with Crippen molar-refractivity contribution >= 4 is 0 Å². The van der Waals surface area contributed by atoms with Crippen LogP contribution in [0.2, 0.25) is 0 Å². The Bertz CT molecular complexity index is 515. The molecule has 0 aliphatic rings. The first-order valence-corrected chi connectivity index (χ1v) is 6.25. The topological polar surface area (TPSA) is 48.0 Å². The molecule has 19 heavy (non-hydrogen) atoms. The van der Waals surface area contributed by atoms with Crippen LogP contribution in [0.4, 0.5) is 0 Å². The van der Waals surface area contributed by atoms with Gasteiger partial charge in [0.1, 0.15) is 24.6 Å². The summed E-state index contributed by atoms with van der Waals surface area (Å²) in [4.78, 5) is 4.01. The van der Waals surface area contributed by atoms with Gasteiger partial charge in [0.05, 0.1) is 14.2 Å². The van der Waals surface area contributed by atoms with E-state index in [9.17, 15) is 0 Å². The highest BCUT2D eigenvalue weighted by atomic mass is 16.5. The summed E-state index contributed by atoms with van der Waals surface area (Å²) in [7, 11) is 3.34. The molecule has 0 aliphatic heterocycles. The Morgan fingerprint density at radius 1 is 1.00 bits per heavy atom. The number of rotatable bonds is 6. The molecule has 0 spiro atoms. The van der Waals surface area contributed by atoms with E-state index in [2.05, 4.69) is 10.3 Å². The molecule has 2 rings (SSSR count). The van der Waals surface area contributed by atoms with E-state index >= 15 is 0 Å². The zero-order valence-corrected chi connectivity index (χ0v) is 11.3. The predicted molar refractivity (Wildman–Crippen MR) is 73.1 cm³/mol. The van der Waals surface area contributed by atoms with Gasteiger partial charge in [-0.15, -0.1) is 0 Å². The number of nitrogens with two attached hydrogens (primary N) is 1. The van der Waals surface area contributed by atoms with E-state index in [1.165, 1.54) is 5.56 Å². The van der Waals surface area contributed by atoms with Gasteiger partial charge in [-0.2, -0.15) is 0 Å². The number of quaternary nitrogens is 1. The van der Waals surface area contributed by atoms with Crippen LogP contribution in [0.3, 0.4) is 0 Å². The first-order chi connectivity index (χ1) is 9.33. The largest absolute Gasteiger partial charge is 0.497 e. The van der Waals surface area contributed by atoms with Crippen LogP contribution in [0.15, 0.2) is 42.7 Å². The van der Waals surface area contributed by atoms with Crippen molar-refractivity contribution in [2.45, 2.75) is 13.1 Å². The minimum Gasteiger partial charge on any atom is -0.497 e. The van der Waals surface area contributed by atoms with Gasteiger partial charge >= 0.3 is 0 Å². The van der Waals surface area contributed by atoms with E-state index in [1.54, 1.807) is 14.2 Å². The van der Waals surface area contributed by atoms with Crippen LogP contribution in [-0.4, -0.2) is 19.2 Å². The highest BCUT2D eigenvalue weighted by Gasteiger charge is 2.06. The molecule has 0 saturated heterocycles. The minimum atomic E-state index is 0.815. The van der Waals surface area contributed by atoms with E-state index in [1.807, 2.05) is 42.7 Å². The monoisotopic (exact) mass is 259 g/mol. The molecule has 0 amide bonds. The fourth-order valence-electron chi connectivity index (χ4n) is 1.93. The zero-order chi connectivity index (χ0) is 13.5. The average molecular weight is 259 g/mol. The molecular weight excluding hydrogens is 240 g/mol. The Morgan fingerprint density at radius 3 is 2.47 bits per heavy atom. The summed E-state index contributed by atoms with van der Waals surface area (Å²) in [5.74, 6) is 1.68. The second-order valence-corrected chi connectivity index (χ2v) is 4.23. The fourth-order valence-corrected chi connectivity index (χ4v) is 1.93. The number of hydrogen-bond donors (Lipinski definition) is 1. The molecule has 0 bridgehead atoms. The summed E-state index contributed by atoms with van der Waals surface area (Å²) < 4.78 is 10.6. The van der Waals surface area contributed by atoms with Crippen LogP contribution in [0, 0.1) is 0 Å². The molecule has 1 aromatic heterocycles. The van der Waals surface area contributed by atoms with Gasteiger partial charge < -0.3 is 14.8 Å². The Hall–Kier alpha value is -2.07. The standard InChI is InChI=1S/C15H18N2O2/c1-18-14-4-3-13(15(9-14)19-2)11-17-10-12-5-7-16-8-6-12/h3-9,17H,10-11H2,1-2H3/p+1.